The maximum absolute atomic E-state index is 12.9. The molecule has 1 N–H and O–H groups in total. The molecule has 2 heterocycles. The van der Waals surface area contributed by atoms with Crippen LogP contribution in [0.25, 0.3) is 15.3 Å². The summed E-state index contributed by atoms with van der Waals surface area (Å²) in [6.07, 6.45) is 0. The zero-order valence-electron chi connectivity index (χ0n) is 17.2. The van der Waals surface area contributed by atoms with Gasteiger partial charge in [-0.15, -0.1) is 11.8 Å². The van der Waals surface area contributed by atoms with Crippen LogP contribution in [0.4, 0.5) is 5.82 Å². The number of anilines is 1. The number of benzene rings is 2. The van der Waals surface area contributed by atoms with Crippen LogP contribution in [-0.2, 0) is 0 Å². The van der Waals surface area contributed by atoms with E-state index in [4.69, 9.17) is 4.74 Å². The Labute approximate surface area is 183 Å². The molecular weight excluding hydrogens is 416 g/mol. The molecule has 0 bridgehead atoms. The van der Waals surface area contributed by atoms with Crippen molar-refractivity contribution in [3.05, 3.63) is 59.8 Å². The van der Waals surface area contributed by atoms with Gasteiger partial charge in [-0.1, -0.05) is 31.3 Å². The standard InChI is InChI=1S/C22H22N4O2S2/c1-13(2)29-17-7-5-6-15(11-17)21(27)24-20-10-14(3)25-26(20)22-23-18-9-8-16(28-4)12-19(18)30-22/h5-13H,1-4H3,(H,24,27). The van der Waals surface area contributed by atoms with E-state index in [-0.39, 0.29) is 5.91 Å². The molecule has 154 valence electrons. The van der Waals surface area contributed by atoms with Crippen LogP contribution in [0.15, 0.2) is 53.4 Å². The van der Waals surface area contributed by atoms with E-state index in [0.29, 0.717) is 21.8 Å². The molecule has 0 aliphatic heterocycles. The number of thiazole rings is 1. The van der Waals surface area contributed by atoms with Crippen molar-refractivity contribution < 1.29 is 9.53 Å². The second kappa shape index (κ2) is 8.49. The molecule has 0 spiro atoms. The Hall–Kier alpha value is -2.84. The minimum absolute atomic E-state index is 0.176. The first kappa shape index (κ1) is 20.4. The summed E-state index contributed by atoms with van der Waals surface area (Å²) in [4.78, 5) is 18.6. The highest BCUT2D eigenvalue weighted by Crippen LogP contribution is 2.30. The zero-order valence-corrected chi connectivity index (χ0v) is 18.8. The number of aromatic nitrogens is 3. The van der Waals surface area contributed by atoms with E-state index in [0.717, 1.165) is 26.6 Å². The number of rotatable bonds is 6. The van der Waals surface area contributed by atoms with Crippen LogP contribution in [-0.4, -0.2) is 33.0 Å². The average Bonchev–Trinajstić information content (AvgIpc) is 3.29. The van der Waals surface area contributed by atoms with Crippen molar-refractivity contribution in [3.8, 4) is 10.9 Å². The van der Waals surface area contributed by atoms with Crippen molar-refractivity contribution in [2.24, 2.45) is 0 Å². The number of nitrogens with one attached hydrogen (secondary N) is 1. The molecule has 6 nitrogen and oxygen atoms in total. The fourth-order valence-corrected chi connectivity index (χ4v) is 4.87. The zero-order chi connectivity index (χ0) is 21.3. The van der Waals surface area contributed by atoms with Gasteiger partial charge in [0.15, 0.2) is 0 Å². The molecule has 4 aromatic rings. The van der Waals surface area contributed by atoms with Gasteiger partial charge in [0.25, 0.3) is 5.91 Å². The summed E-state index contributed by atoms with van der Waals surface area (Å²) in [5.74, 6) is 1.19. The monoisotopic (exact) mass is 438 g/mol. The Morgan fingerprint density at radius 1 is 1.20 bits per heavy atom. The van der Waals surface area contributed by atoms with Crippen LogP contribution in [0.5, 0.6) is 5.75 Å². The van der Waals surface area contributed by atoms with E-state index in [1.807, 2.05) is 55.5 Å². The molecule has 0 aliphatic rings. The Balaban J connectivity index is 1.63. The molecule has 0 unspecified atom stereocenters. The third-order valence-electron chi connectivity index (χ3n) is 4.31. The number of carbonyl (C=O) groups excluding carboxylic acids is 1. The Morgan fingerprint density at radius 2 is 2.03 bits per heavy atom. The lowest BCUT2D eigenvalue weighted by Crippen LogP contribution is -2.15. The molecule has 0 aliphatic carbocycles. The second-order valence-electron chi connectivity index (χ2n) is 7.06. The highest BCUT2D eigenvalue weighted by atomic mass is 32.2. The number of carbonyl (C=O) groups is 1. The van der Waals surface area contributed by atoms with Crippen LogP contribution in [0.2, 0.25) is 0 Å². The quantitative estimate of drug-likeness (QED) is 0.400. The maximum atomic E-state index is 12.9. The van der Waals surface area contributed by atoms with Gasteiger partial charge in [-0.3, -0.25) is 4.79 Å². The normalized spacial score (nSPS) is 11.2. The summed E-state index contributed by atoms with van der Waals surface area (Å²) in [7, 11) is 1.64. The van der Waals surface area contributed by atoms with Crippen LogP contribution < -0.4 is 10.1 Å². The van der Waals surface area contributed by atoms with Gasteiger partial charge in [-0.25, -0.2) is 4.98 Å². The summed E-state index contributed by atoms with van der Waals surface area (Å²) in [6.45, 7) is 6.15. The fraction of sp³-hybridized carbons (Fsp3) is 0.227. The largest absolute Gasteiger partial charge is 0.497 e. The first-order valence-electron chi connectivity index (χ1n) is 9.52. The minimum Gasteiger partial charge on any atom is -0.497 e. The number of aryl methyl sites for hydroxylation is 1. The van der Waals surface area contributed by atoms with Gasteiger partial charge in [0, 0.05) is 21.8 Å². The third-order valence-corrected chi connectivity index (χ3v) is 6.30. The van der Waals surface area contributed by atoms with E-state index < -0.39 is 0 Å². The highest BCUT2D eigenvalue weighted by Gasteiger charge is 2.16. The van der Waals surface area contributed by atoms with E-state index in [1.165, 1.54) is 11.3 Å². The van der Waals surface area contributed by atoms with Crippen molar-refractivity contribution in [2.45, 2.75) is 30.9 Å². The number of fused-ring (bicyclic) bond motifs is 1. The van der Waals surface area contributed by atoms with Crippen LogP contribution in [0.3, 0.4) is 0 Å². The number of nitrogens with zero attached hydrogens (tertiary/aromatic N) is 3. The molecule has 2 aromatic heterocycles. The van der Waals surface area contributed by atoms with Crippen molar-refractivity contribution >= 4 is 45.0 Å². The van der Waals surface area contributed by atoms with Crippen molar-refractivity contribution in [3.63, 3.8) is 0 Å². The minimum atomic E-state index is -0.176. The number of hydrogen-bond donors (Lipinski definition) is 1. The summed E-state index contributed by atoms with van der Waals surface area (Å²) in [5, 5.41) is 8.66. The van der Waals surface area contributed by atoms with Crippen molar-refractivity contribution in [1.82, 2.24) is 14.8 Å². The van der Waals surface area contributed by atoms with Gasteiger partial charge in [-0.05, 0) is 43.3 Å². The lowest BCUT2D eigenvalue weighted by molar-refractivity contribution is 0.102. The summed E-state index contributed by atoms with van der Waals surface area (Å²) in [5.41, 5.74) is 2.27. The maximum Gasteiger partial charge on any atom is 0.256 e. The lowest BCUT2D eigenvalue weighted by atomic mass is 10.2. The van der Waals surface area contributed by atoms with E-state index in [2.05, 4.69) is 29.2 Å². The van der Waals surface area contributed by atoms with E-state index in [9.17, 15) is 4.79 Å². The molecule has 8 heteroatoms. The van der Waals surface area contributed by atoms with E-state index >= 15 is 0 Å². The molecule has 4 rings (SSSR count). The average molecular weight is 439 g/mol. The number of thioether (sulfide) groups is 1. The molecular formula is C22H22N4O2S2. The van der Waals surface area contributed by atoms with Gasteiger partial charge in [-0.2, -0.15) is 9.78 Å². The van der Waals surface area contributed by atoms with Crippen molar-refractivity contribution in [1.29, 1.82) is 0 Å². The Kier molecular flexibility index (Phi) is 5.78. The summed E-state index contributed by atoms with van der Waals surface area (Å²) < 4.78 is 7.97. The molecule has 0 saturated carbocycles. The second-order valence-corrected chi connectivity index (χ2v) is 9.72. The molecule has 1 amide bonds. The van der Waals surface area contributed by atoms with Crippen LogP contribution in [0, 0.1) is 6.92 Å². The smallest absolute Gasteiger partial charge is 0.256 e. The van der Waals surface area contributed by atoms with Crippen LogP contribution >= 0.6 is 23.1 Å². The van der Waals surface area contributed by atoms with Gasteiger partial charge in [0.05, 0.1) is 23.0 Å². The van der Waals surface area contributed by atoms with Gasteiger partial charge < -0.3 is 10.1 Å². The first-order chi connectivity index (χ1) is 14.4. The summed E-state index contributed by atoms with van der Waals surface area (Å²) >= 11 is 3.22. The highest BCUT2D eigenvalue weighted by molar-refractivity contribution is 7.99. The number of ether oxygens (including phenoxy) is 1. The van der Waals surface area contributed by atoms with Gasteiger partial charge in [0.2, 0.25) is 5.13 Å². The molecule has 0 atom stereocenters. The van der Waals surface area contributed by atoms with Gasteiger partial charge >= 0.3 is 0 Å². The Bertz CT molecular complexity index is 1210. The van der Waals surface area contributed by atoms with E-state index in [1.54, 1.807) is 23.6 Å². The number of methoxy groups -OCH3 is 1. The predicted molar refractivity (Wildman–Crippen MR) is 123 cm³/mol. The number of hydrogen-bond acceptors (Lipinski definition) is 6. The lowest BCUT2D eigenvalue weighted by Gasteiger charge is -2.09. The SMILES string of the molecule is COc1ccc2nc(-n3nc(C)cc3NC(=O)c3cccc(SC(C)C)c3)sc2c1. The third kappa shape index (κ3) is 4.34. The summed E-state index contributed by atoms with van der Waals surface area (Å²) in [6, 6.07) is 15.2. The molecule has 30 heavy (non-hydrogen) atoms. The fourth-order valence-electron chi connectivity index (χ4n) is 3.02. The molecule has 0 fully saturated rings. The number of amides is 1. The van der Waals surface area contributed by atoms with Gasteiger partial charge in [0.1, 0.15) is 11.6 Å². The molecule has 0 saturated heterocycles. The van der Waals surface area contributed by atoms with Crippen LogP contribution in [0.1, 0.15) is 29.9 Å². The molecule has 2 aromatic carbocycles. The topological polar surface area (TPSA) is 69.0 Å². The predicted octanol–water partition coefficient (Wildman–Crippen LogP) is 5.55. The Morgan fingerprint density at radius 3 is 2.80 bits per heavy atom. The molecule has 0 radical (unpaired) electrons. The first-order valence-corrected chi connectivity index (χ1v) is 11.2. The van der Waals surface area contributed by atoms with Crippen molar-refractivity contribution in [2.75, 3.05) is 12.4 Å².